The van der Waals surface area contributed by atoms with Crippen LogP contribution in [0.4, 0.5) is 5.69 Å². The molecule has 2 rings (SSSR count). The van der Waals surface area contributed by atoms with Crippen LogP contribution in [0.5, 0.6) is 0 Å². The van der Waals surface area contributed by atoms with Gasteiger partial charge in [-0.2, -0.15) is 0 Å². The third kappa shape index (κ3) is 3.04. The van der Waals surface area contributed by atoms with Gasteiger partial charge in [-0.1, -0.05) is 35.9 Å². The minimum atomic E-state index is 1.23. The van der Waals surface area contributed by atoms with Crippen molar-refractivity contribution in [2.45, 2.75) is 25.7 Å². The van der Waals surface area contributed by atoms with Crippen molar-refractivity contribution in [2.75, 3.05) is 4.72 Å². The van der Waals surface area contributed by atoms with Crippen molar-refractivity contribution < 1.29 is 0 Å². The van der Waals surface area contributed by atoms with Gasteiger partial charge in [-0.3, -0.25) is 0 Å². The predicted molar refractivity (Wildman–Crippen MR) is 76.6 cm³/mol. The average molecular weight is 243 g/mol. The molecule has 2 aromatic rings. The largest absolute Gasteiger partial charge is 0.325 e. The third-order valence-corrected chi connectivity index (χ3v) is 3.51. The van der Waals surface area contributed by atoms with Crippen molar-refractivity contribution in [3.63, 3.8) is 0 Å². The first-order valence-corrected chi connectivity index (χ1v) is 6.54. The predicted octanol–water partition coefficient (Wildman–Crippen LogP) is 4.73. The van der Waals surface area contributed by atoms with Crippen LogP contribution >= 0.6 is 11.9 Å². The van der Waals surface area contributed by atoms with Gasteiger partial charge in [0.15, 0.2) is 0 Å². The number of hydrogen-bond donors (Lipinski definition) is 1. The van der Waals surface area contributed by atoms with Crippen molar-refractivity contribution in [3.05, 3.63) is 59.2 Å². The lowest BCUT2D eigenvalue weighted by molar-refractivity contribution is 1.32. The third-order valence-electron chi connectivity index (χ3n) is 2.69. The highest BCUT2D eigenvalue weighted by Crippen LogP contribution is 2.27. The van der Waals surface area contributed by atoms with E-state index in [9.17, 15) is 0 Å². The molecule has 0 amide bonds. The molecule has 1 N–H and O–H groups in total. The Kier molecular flexibility index (Phi) is 3.75. The first-order chi connectivity index (χ1) is 8.16. The van der Waals surface area contributed by atoms with Gasteiger partial charge in [-0.25, -0.2) is 0 Å². The fourth-order valence-corrected chi connectivity index (χ4v) is 2.77. The maximum atomic E-state index is 3.44. The molecule has 0 bridgehead atoms. The van der Waals surface area contributed by atoms with Gasteiger partial charge in [0.2, 0.25) is 0 Å². The molecule has 0 radical (unpaired) electrons. The molecular formula is C15H17NS. The quantitative estimate of drug-likeness (QED) is 0.782. The van der Waals surface area contributed by atoms with E-state index in [0.29, 0.717) is 0 Å². The van der Waals surface area contributed by atoms with E-state index in [1.807, 2.05) is 6.07 Å². The average Bonchev–Trinajstić information content (AvgIpc) is 2.29. The molecule has 0 aliphatic rings. The molecule has 0 unspecified atom stereocenters. The Morgan fingerprint density at radius 3 is 2.06 bits per heavy atom. The molecule has 0 fully saturated rings. The summed E-state index contributed by atoms with van der Waals surface area (Å²) in [4.78, 5) is 1.23. The van der Waals surface area contributed by atoms with Gasteiger partial charge in [0.25, 0.3) is 0 Å². The highest BCUT2D eigenvalue weighted by atomic mass is 32.2. The second-order valence-electron chi connectivity index (χ2n) is 4.29. The highest BCUT2D eigenvalue weighted by Gasteiger charge is 2.03. The fraction of sp³-hybridized carbons (Fsp3) is 0.200. The van der Waals surface area contributed by atoms with Gasteiger partial charge in [0.1, 0.15) is 0 Å². The number of aryl methyl sites for hydroxylation is 3. The van der Waals surface area contributed by atoms with Crippen LogP contribution in [0, 0.1) is 20.8 Å². The van der Waals surface area contributed by atoms with Gasteiger partial charge < -0.3 is 4.72 Å². The van der Waals surface area contributed by atoms with Crippen LogP contribution in [0.2, 0.25) is 0 Å². The van der Waals surface area contributed by atoms with Crippen LogP contribution in [0.25, 0.3) is 0 Å². The summed E-state index contributed by atoms with van der Waals surface area (Å²) >= 11 is 1.66. The van der Waals surface area contributed by atoms with Gasteiger partial charge >= 0.3 is 0 Å². The lowest BCUT2D eigenvalue weighted by Gasteiger charge is -2.12. The van der Waals surface area contributed by atoms with Crippen molar-refractivity contribution in [1.29, 1.82) is 0 Å². The molecule has 1 nitrogen and oxygen atoms in total. The summed E-state index contributed by atoms with van der Waals surface area (Å²) in [6.45, 7) is 6.43. The monoisotopic (exact) mass is 243 g/mol. The Morgan fingerprint density at radius 2 is 1.47 bits per heavy atom. The maximum Gasteiger partial charge on any atom is 0.0502 e. The number of anilines is 1. The fourth-order valence-electron chi connectivity index (χ4n) is 1.94. The molecule has 88 valence electrons. The molecule has 0 aromatic heterocycles. The maximum absolute atomic E-state index is 3.44. The van der Waals surface area contributed by atoms with E-state index in [2.05, 4.69) is 61.9 Å². The van der Waals surface area contributed by atoms with Crippen LogP contribution in [-0.4, -0.2) is 0 Å². The molecule has 2 heteroatoms. The van der Waals surface area contributed by atoms with Crippen molar-refractivity contribution in [2.24, 2.45) is 0 Å². The minimum absolute atomic E-state index is 1.23. The molecule has 0 saturated carbocycles. The Bertz CT molecular complexity index is 483. The van der Waals surface area contributed by atoms with Gasteiger partial charge in [0.05, 0.1) is 5.69 Å². The standard InChI is InChI=1S/C15H17NS/c1-11-9-12(2)15(13(3)10-11)16-17-14-7-5-4-6-8-14/h4-10,16H,1-3H3. The number of hydrogen-bond acceptors (Lipinski definition) is 2. The number of benzene rings is 2. The number of rotatable bonds is 3. The summed E-state index contributed by atoms with van der Waals surface area (Å²) < 4.78 is 3.44. The van der Waals surface area contributed by atoms with Gasteiger partial charge in [-0.05, 0) is 56.0 Å². The lowest BCUT2D eigenvalue weighted by atomic mass is 10.1. The summed E-state index contributed by atoms with van der Waals surface area (Å²) in [5.74, 6) is 0. The smallest absolute Gasteiger partial charge is 0.0502 e. The second-order valence-corrected chi connectivity index (χ2v) is 5.17. The van der Waals surface area contributed by atoms with Crippen LogP contribution in [0.1, 0.15) is 16.7 Å². The molecule has 0 aliphatic heterocycles. The second kappa shape index (κ2) is 5.28. The van der Waals surface area contributed by atoms with Crippen molar-refractivity contribution in [3.8, 4) is 0 Å². The molecule has 0 heterocycles. The Hall–Kier alpha value is -1.41. The highest BCUT2D eigenvalue weighted by molar-refractivity contribution is 8.00. The molecule has 2 aromatic carbocycles. The molecule has 0 atom stereocenters. The Labute approximate surface area is 107 Å². The molecule has 0 spiro atoms. The van der Waals surface area contributed by atoms with E-state index in [1.165, 1.54) is 27.3 Å². The minimum Gasteiger partial charge on any atom is -0.325 e. The summed E-state index contributed by atoms with van der Waals surface area (Å²) in [6.07, 6.45) is 0. The number of nitrogens with one attached hydrogen (secondary N) is 1. The van der Waals surface area contributed by atoms with Crippen LogP contribution in [0.15, 0.2) is 47.4 Å². The van der Waals surface area contributed by atoms with E-state index >= 15 is 0 Å². The van der Waals surface area contributed by atoms with E-state index < -0.39 is 0 Å². The first-order valence-electron chi connectivity index (χ1n) is 5.72. The van der Waals surface area contributed by atoms with Gasteiger partial charge in [0, 0.05) is 4.90 Å². The normalized spacial score (nSPS) is 10.3. The SMILES string of the molecule is Cc1cc(C)c(NSc2ccccc2)c(C)c1. The van der Waals surface area contributed by atoms with E-state index in [0.717, 1.165) is 0 Å². The summed E-state index contributed by atoms with van der Waals surface area (Å²) in [7, 11) is 0. The molecular weight excluding hydrogens is 226 g/mol. The molecule has 0 saturated heterocycles. The lowest BCUT2D eigenvalue weighted by Crippen LogP contribution is -1.94. The molecule has 17 heavy (non-hydrogen) atoms. The Morgan fingerprint density at radius 1 is 0.882 bits per heavy atom. The zero-order valence-electron chi connectivity index (χ0n) is 10.4. The van der Waals surface area contributed by atoms with Crippen LogP contribution in [-0.2, 0) is 0 Å². The summed E-state index contributed by atoms with van der Waals surface area (Å²) in [6, 6.07) is 14.8. The van der Waals surface area contributed by atoms with Crippen LogP contribution in [0.3, 0.4) is 0 Å². The van der Waals surface area contributed by atoms with Crippen molar-refractivity contribution in [1.82, 2.24) is 0 Å². The zero-order chi connectivity index (χ0) is 12.3. The Balaban J connectivity index is 2.15. The van der Waals surface area contributed by atoms with Crippen LogP contribution < -0.4 is 4.72 Å². The topological polar surface area (TPSA) is 12.0 Å². The summed E-state index contributed by atoms with van der Waals surface area (Å²) in [5, 5.41) is 0. The van der Waals surface area contributed by atoms with Gasteiger partial charge in [-0.15, -0.1) is 0 Å². The zero-order valence-corrected chi connectivity index (χ0v) is 11.3. The van der Waals surface area contributed by atoms with E-state index in [4.69, 9.17) is 0 Å². The first kappa shape index (κ1) is 12.1. The van der Waals surface area contributed by atoms with Crippen molar-refractivity contribution >= 4 is 17.6 Å². The molecule has 0 aliphatic carbocycles. The summed E-state index contributed by atoms with van der Waals surface area (Å²) in [5.41, 5.74) is 5.14. The van der Waals surface area contributed by atoms with E-state index in [1.54, 1.807) is 11.9 Å². The van der Waals surface area contributed by atoms with E-state index in [-0.39, 0.29) is 0 Å².